The molecule has 0 aromatic carbocycles. The molecule has 1 aliphatic rings. The minimum atomic E-state index is -0.141. The second-order valence-electron chi connectivity index (χ2n) is 5.07. The van der Waals surface area contributed by atoms with Gasteiger partial charge in [0.15, 0.2) is 0 Å². The van der Waals surface area contributed by atoms with Gasteiger partial charge in [0.2, 0.25) is 0 Å². The fourth-order valence-electron chi connectivity index (χ4n) is 2.52. The smallest absolute Gasteiger partial charge is 0.254 e. The third-order valence-electron chi connectivity index (χ3n) is 3.79. The van der Waals surface area contributed by atoms with Crippen molar-refractivity contribution in [3.63, 3.8) is 0 Å². The quantitative estimate of drug-likeness (QED) is 0.800. The number of aromatic nitrogens is 1. The number of amides is 1. The van der Waals surface area contributed by atoms with E-state index in [2.05, 4.69) is 0 Å². The molecule has 1 fully saturated rings. The Morgan fingerprint density at radius 1 is 1.33 bits per heavy atom. The molecule has 1 heterocycles. The van der Waals surface area contributed by atoms with Crippen molar-refractivity contribution in [1.82, 2.24) is 9.47 Å². The molecule has 4 heteroatoms. The Labute approximate surface area is 107 Å². The highest BCUT2D eigenvalue weighted by Gasteiger charge is 2.23. The van der Waals surface area contributed by atoms with Crippen molar-refractivity contribution >= 4 is 5.91 Å². The van der Waals surface area contributed by atoms with Gasteiger partial charge >= 0.3 is 0 Å². The fourth-order valence-corrected chi connectivity index (χ4v) is 2.52. The van der Waals surface area contributed by atoms with Crippen LogP contribution in [0.3, 0.4) is 0 Å². The van der Waals surface area contributed by atoms with Crippen LogP contribution in [-0.4, -0.2) is 28.5 Å². The maximum Gasteiger partial charge on any atom is 0.254 e. The lowest BCUT2D eigenvalue weighted by molar-refractivity contribution is 0.0696. The fraction of sp³-hybridized carbons (Fsp3) is 0.571. The molecule has 98 valence electrons. The second-order valence-corrected chi connectivity index (χ2v) is 5.07. The van der Waals surface area contributed by atoms with Gasteiger partial charge in [-0.3, -0.25) is 9.59 Å². The van der Waals surface area contributed by atoms with E-state index in [-0.39, 0.29) is 11.5 Å². The number of pyridine rings is 1. The van der Waals surface area contributed by atoms with Crippen LogP contribution in [0, 0.1) is 0 Å². The van der Waals surface area contributed by atoms with Crippen molar-refractivity contribution in [2.75, 3.05) is 7.05 Å². The van der Waals surface area contributed by atoms with Crippen LogP contribution in [-0.2, 0) is 7.05 Å². The minimum Gasteiger partial charge on any atom is -0.339 e. The maximum absolute atomic E-state index is 12.3. The van der Waals surface area contributed by atoms with Crippen LogP contribution >= 0.6 is 0 Å². The first kappa shape index (κ1) is 12.9. The molecule has 1 aliphatic carbocycles. The average molecular weight is 248 g/mol. The molecule has 0 N–H and O–H groups in total. The van der Waals surface area contributed by atoms with Crippen LogP contribution in [0.2, 0.25) is 0 Å². The van der Waals surface area contributed by atoms with Gasteiger partial charge in [0, 0.05) is 38.0 Å². The predicted octanol–water partition coefficient (Wildman–Crippen LogP) is 1.79. The summed E-state index contributed by atoms with van der Waals surface area (Å²) in [5, 5.41) is 0. The molecule has 1 amide bonds. The van der Waals surface area contributed by atoms with Crippen molar-refractivity contribution in [2.24, 2.45) is 7.05 Å². The molecule has 0 saturated heterocycles. The molecule has 1 saturated carbocycles. The molecule has 18 heavy (non-hydrogen) atoms. The molecule has 1 aromatic heterocycles. The van der Waals surface area contributed by atoms with Crippen molar-refractivity contribution < 1.29 is 4.79 Å². The third kappa shape index (κ3) is 2.63. The monoisotopic (exact) mass is 248 g/mol. The Hall–Kier alpha value is -1.58. The van der Waals surface area contributed by atoms with Crippen LogP contribution in [0.15, 0.2) is 23.1 Å². The largest absolute Gasteiger partial charge is 0.339 e. The summed E-state index contributed by atoms with van der Waals surface area (Å²) >= 11 is 0. The van der Waals surface area contributed by atoms with E-state index < -0.39 is 0 Å². The van der Waals surface area contributed by atoms with E-state index >= 15 is 0 Å². The summed E-state index contributed by atoms with van der Waals surface area (Å²) in [6.07, 6.45) is 7.45. The lowest BCUT2D eigenvalue weighted by atomic mass is 9.94. The lowest BCUT2D eigenvalue weighted by Gasteiger charge is -2.31. The zero-order valence-corrected chi connectivity index (χ0v) is 11.1. The highest BCUT2D eigenvalue weighted by Crippen LogP contribution is 2.22. The van der Waals surface area contributed by atoms with Gasteiger partial charge in [0.1, 0.15) is 0 Å². The SMILES string of the molecule is CN(C(=O)c1ccn(C)c(=O)c1)C1CCCCC1. The first-order valence-corrected chi connectivity index (χ1v) is 6.53. The Morgan fingerprint density at radius 3 is 2.61 bits per heavy atom. The molecule has 0 unspecified atom stereocenters. The van der Waals surface area contributed by atoms with Gasteiger partial charge in [-0.05, 0) is 18.9 Å². The molecule has 4 nitrogen and oxygen atoms in total. The lowest BCUT2D eigenvalue weighted by Crippen LogP contribution is -2.38. The Balaban J connectivity index is 2.14. The van der Waals surface area contributed by atoms with Gasteiger partial charge in [-0.25, -0.2) is 0 Å². The summed E-state index contributed by atoms with van der Waals surface area (Å²) in [7, 11) is 3.53. The normalized spacial score (nSPS) is 16.6. The van der Waals surface area contributed by atoms with Crippen molar-refractivity contribution in [2.45, 2.75) is 38.1 Å². The van der Waals surface area contributed by atoms with E-state index in [4.69, 9.17) is 0 Å². The number of hydrogen-bond acceptors (Lipinski definition) is 2. The highest BCUT2D eigenvalue weighted by molar-refractivity contribution is 5.94. The van der Waals surface area contributed by atoms with Crippen LogP contribution in [0.1, 0.15) is 42.5 Å². The number of rotatable bonds is 2. The van der Waals surface area contributed by atoms with Crippen LogP contribution in [0.25, 0.3) is 0 Å². The van der Waals surface area contributed by atoms with E-state index in [0.29, 0.717) is 11.6 Å². The van der Waals surface area contributed by atoms with E-state index in [1.54, 1.807) is 24.2 Å². The van der Waals surface area contributed by atoms with Gasteiger partial charge in [0.25, 0.3) is 11.5 Å². The van der Waals surface area contributed by atoms with E-state index in [9.17, 15) is 9.59 Å². The molecule has 0 atom stereocenters. The summed E-state index contributed by atoms with van der Waals surface area (Å²) in [6, 6.07) is 3.46. The van der Waals surface area contributed by atoms with Crippen LogP contribution < -0.4 is 5.56 Å². The Morgan fingerprint density at radius 2 is 2.00 bits per heavy atom. The van der Waals surface area contributed by atoms with Crippen LogP contribution in [0.4, 0.5) is 0 Å². The number of hydrogen-bond donors (Lipinski definition) is 0. The molecule has 1 aromatic rings. The Kier molecular flexibility index (Phi) is 3.84. The zero-order chi connectivity index (χ0) is 13.1. The molecular weight excluding hydrogens is 228 g/mol. The molecule has 0 aliphatic heterocycles. The number of carbonyl (C=O) groups is 1. The molecule has 0 spiro atoms. The number of aryl methyl sites for hydroxylation is 1. The minimum absolute atomic E-state index is 0.0420. The van der Waals surface area contributed by atoms with Crippen molar-refractivity contribution in [3.8, 4) is 0 Å². The van der Waals surface area contributed by atoms with E-state index in [1.165, 1.54) is 29.9 Å². The number of nitrogens with zero attached hydrogens (tertiary/aromatic N) is 2. The standard InChI is InChI=1S/C14H20N2O2/c1-15-9-8-11(10-13(15)17)14(18)16(2)12-6-4-3-5-7-12/h8-10,12H,3-7H2,1-2H3. The van der Waals surface area contributed by atoms with Gasteiger partial charge in [-0.2, -0.15) is 0 Å². The number of carbonyl (C=O) groups excluding carboxylic acids is 1. The van der Waals surface area contributed by atoms with E-state index in [0.717, 1.165) is 12.8 Å². The topological polar surface area (TPSA) is 42.3 Å². The summed E-state index contributed by atoms with van der Waals surface area (Å²) in [5.74, 6) is -0.0420. The molecule has 0 bridgehead atoms. The zero-order valence-electron chi connectivity index (χ0n) is 11.1. The van der Waals surface area contributed by atoms with Gasteiger partial charge < -0.3 is 9.47 Å². The predicted molar refractivity (Wildman–Crippen MR) is 70.6 cm³/mol. The first-order valence-electron chi connectivity index (χ1n) is 6.53. The summed E-state index contributed by atoms with van der Waals surface area (Å²) < 4.78 is 1.47. The third-order valence-corrected chi connectivity index (χ3v) is 3.79. The van der Waals surface area contributed by atoms with Crippen LogP contribution in [0.5, 0.6) is 0 Å². The average Bonchev–Trinajstić information content (AvgIpc) is 2.41. The van der Waals surface area contributed by atoms with Crippen molar-refractivity contribution in [3.05, 3.63) is 34.2 Å². The summed E-state index contributed by atoms with van der Waals surface area (Å²) in [4.78, 5) is 25.6. The van der Waals surface area contributed by atoms with Gasteiger partial charge in [0.05, 0.1) is 0 Å². The van der Waals surface area contributed by atoms with Crippen molar-refractivity contribution in [1.29, 1.82) is 0 Å². The molecule has 2 rings (SSSR count). The second kappa shape index (κ2) is 5.38. The Bertz CT molecular complexity index is 487. The maximum atomic E-state index is 12.3. The summed E-state index contributed by atoms with van der Waals surface area (Å²) in [6.45, 7) is 0. The summed E-state index contributed by atoms with van der Waals surface area (Å²) in [5.41, 5.74) is 0.351. The molecule has 0 radical (unpaired) electrons. The van der Waals surface area contributed by atoms with Gasteiger partial charge in [-0.15, -0.1) is 0 Å². The first-order chi connectivity index (χ1) is 8.59. The van der Waals surface area contributed by atoms with Gasteiger partial charge in [-0.1, -0.05) is 19.3 Å². The van der Waals surface area contributed by atoms with E-state index in [1.807, 2.05) is 7.05 Å². The molecular formula is C14H20N2O2. The highest BCUT2D eigenvalue weighted by atomic mass is 16.2.